The van der Waals surface area contributed by atoms with Gasteiger partial charge in [-0.05, 0) is 38.9 Å². The van der Waals surface area contributed by atoms with Crippen LogP contribution in [0.5, 0.6) is 0 Å². The molecule has 1 heterocycles. The molecule has 1 aromatic rings. The van der Waals surface area contributed by atoms with Crippen LogP contribution in [0.4, 0.5) is 0 Å². The minimum atomic E-state index is 0.553. The largest absolute Gasteiger partial charge is 0.319 e. The number of nitrogens with one attached hydrogen (secondary N) is 1. The molecule has 1 aromatic heterocycles. The van der Waals surface area contributed by atoms with E-state index in [9.17, 15) is 0 Å². The Kier molecular flexibility index (Phi) is 6.63. The average Bonchev–Trinajstić information content (AvgIpc) is 2.79. The number of allylic oxidation sites excluding steroid dienone is 1. The molecule has 0 bridgehead atoms. The van der Waals surface area contributed by atoms with Gasteiger partial charge in [0.25, 0.3) is 0 Å². The maximum atomic E-state index is 4.62. The molecule has 96 valence electrons. The van der Waals surface area contributed by atoms with Crippen molar-refractivity contribution in [3.8, 4) is 0 Å². The highest BCUT2D eigenvalue weighted by Gasteiger charge is 2.06. The first-order valence-corrected chi connectivity index (χ1v) is 6.65. The second kappa shape index (κ2) is 8.07. The highest BCUT2D eigenvalue weighted by Crippen LogP contribution is 2.14. The summed E-state index contributed by atoms with van der Waals surface area (Å²) in [6, 6.07) is 2.68. The molecule has 0 aromatic carbocycles. The Labute approximate surface area is 105 Å². The summed E-state index contributed by atoms with van der Waals surface area (Å²) in [5, 5.41) is 7.75. The zero-order valence-electron chi connectivity index (χ0n) is 11.3. The Bertz CT molecular complexity index is 324. The summed E-state index contributed by atoms with van der Waals surface area (Å²) >= 11 is 0. The maximum absolute atomic E-state index is 4.62. The standard InChI is InChI=1S/C14H25N3/c1-4-14(5-2)17-12-10-13(16-17)9-7-6-8-11-15-3/h6-7,10,12,14-15H,4-5,8-9,11H2,1-3H3. The summed E-state index contributed by atoms with van der Waals surface area (Å²) < 4.78 is 2.11. The number of hydrogen-bond acceptors (Lipinski definition) is 2. The Morgan fingerprint density at radius 3 is 2.76 bits per heavy atom. The predicted octanol–water partition coefficient (Wildman–Crippen LogP) is 2.95. The van der Waals surface area contributed by atoms with Crippen molar-refractivity contribution in [3.05, 3.63) is 30.1 Å². The molecule has 0 amide bonds. The van der Waals surface area contributed by atoms with Crippen molar-refractivity contribution in [3.63, 3.8) is 0 Å². The van der Waals surface area contributed by atoms with Gasteiger partial charge in [-0.2, -0.15) is 5.10 Å². The predicted molar refractivity (Wildman–Crippen MR) is 73.2 cm³/mol. The summed E-state index contributed by atoms with van der Waals surface area (Å²) in [6.07, 6.45) is 10.9. The average molecular weight is 235 g/mol. The molecule has 0 saturated heterocycles. The fraction of sp³-hybridized carbons (Fsp3) is 0.643. The first-order chi connectivity index (χ1) is 8.31. The second-order valence-corrected chi connectivity index (χ2v) is 4.33. The van der Waals surface area contributed by atoms with Gasteiger partial charge < -0.3 is 5.32 Å². The molecule has 0 spiro atoms. The van der Waals surface area contributed by atoms with E-state index in [1.807, 2.05) is 7.05 Å². The lowest BCUT2D eigenvalue weighted by Crippen LogP contribution is -2.07. The summed E-state index contributed by atoms with van der Waals surface area (Å²) in [7, 11) is 1.98. The van der Waals surface area contributed by atoms with Crippen molar-refractivity contribution < 1.29 is 0 Å². The molecule has 3 heteroatoms. The van der Waals surface area contributed by atoms with Gasteiger partial charge in [0.2, 0.25) is 0 Å². The second-order valence-electron chi connectivity index (χ2n) is 4.33. The maximum Gasteiger partial charge on any atom is 0.0662 e. The topological polar surface area (TPSA) is 29.9 Å². The van der Waals surface area contributed by atoms with Crippen LogP contribution >= 0.6 is 0 Å². The molecule has 17 heavy (non-hydrogen) atoms. The summed E-state index contributed by atoms with van der Waals surface area (Å²) in [6.45, 7) is 5.47. The summed E-state index contributed by atoms with van der Waals surface area (Å²) in [4.78, 5) is 0. The van der Waals surface area contributed by atoms with E-state index >= 15 is 0 Å². The molecule has 0 atom stereocenters. The Morgan fingerprint density at radius 1 is 1.35 bits per heavy atom. The lowest BCUT2D eigenvalue weighted by atomic mass is 10.2. The van der Waals surface area contributed by atoms with Gasteiger partial charge in [-0.1, -0.05) is 26.0 Å². The molecule has 0 aliphatic carbocycles. The van der Waals surface area contributed by atoms with Crippen LogP contribution in [-0.4, -0.2) is 23.4 Å². The van der Waals surface area contributed by atoms with Crippen LogP contribution < -0.4 is 5.32 Å². The third-order valence-electron chi connectivity index (χ3n) is 3.03. The van der Waals surface area contributed by atoms with E-state index < -0.39 is 0 Å². The van der Waals surface area contributed by atoms with Crippen LogP contribution in [-0.2, 0) is 6.42 Å². The third-order valence-corrected chi connectivity index (χ3v) is 3.03. The highest BCUT2D eigenvalue weighted by molar-refractivity contribution is 5.05. The fourth-order valence-corrected chi connectivity index (χ4v) is 1.90. The van der Waals surface area contributed by atoms with Crippen LogP contribution in [0.25, 0.3) is 0 Å². The zero-order chi connectivity index (χ0) is 12.5. The monoisotopic (exact) mass is 235 g/mol. The van der Waals surface area contributed by atoms with E-state index in [4.69, 9.17) is 0 Å². The molecular formula is C14H25N3. The molecule has 1 rings (SSSR count). The fourth-order valence-electron chi connectivity index (χ4n) is 1.90. The van der Waals surface area contributed by atoms with Gasteiger partial charge in [0, 0.05) is 12.6 Å². The smallest absolute Gasteiger partial charge is 0.0662 e. The zero-order valence-corrected chi connectivity index (χ0v) is 11.3. The number of nitrogens with zero attached hydrogens (tertiary/aromatic N) is 2. The van der Waals surface area contributed by atoms with Crippen molar-refractivity contribution in [2.45, 2.75) is 45.6 Å². The third kappa shape index (κ3) is 4.73. The molecule has 3 nitrogen and oxygen atoms in total. The Balaban J connectivity index is 2.42. The first kappa shape index (κ1) is 14.0. The summed E-state index contributed by atoms with van der Waals surface area (Å²) in [5.41, 5.74) is 1.16. The number of hydrogen-bond donors (Lipinski definition) is 1. The lowest BCUT2D eigenvalue weighted by molar-refractivity contribution is 0.426. The molecule has 0 fully saturated rings. The SMILES string of the molecule is CCC(CC)n1ccc(CC=CCCNC)n1. The lowest BCUT2D eigenvalue weighted by Gasteiger charge is -2.12. The van der Waals surface area contributed by atoms with E-state index in [1.54, 1.807) is 0 Å². The molecule has 1 N–H and O–H groups in total. The first-order valence-electron chi connectivity index (χ1n) is 6.65. The van der Waals surface area contributed by atoms with E-state index in [-0.39, 0.29) is 0 Å². The minimum Gasteiger partial charge on any atom is -0.319 e. The molecule has 0 aliphatic heterocycles. The van der Waals surface area contributed by atoms with Crippen molar-refractivity contribution >= 4 is 0 Å². The normalized spacial score (nSPS) is 11.8. The van der Waals surface area contributed by atoms with E-state index in [0.717, 1.165) is 37.9 Å². The molecule has 0 aliphatic rings. The van der Waals surface area contributed by atoms with Gasteiger partial charge in [-0.15, -0.1) is 0 Å². The van der Waals surface area contributed by atoms with Crippen LogP contribution in [0.3, 0.4) is 0 Å². The van der Waals surface area contributed by atoms with E-state index in [1.165, 1.54) is 0 Å². The van der Waals surface area contributed by atoms with Gasteiger partial charge in [-0.3, -0.25) is 4.68 Å². The number of rotatable bonds is 8. The van der Waals surface area contributed by atoms with Crippen LogP contribution in [0.1, 0.15) is 44.8 Å². The number of aromatic nitrogens is 2. The molecular weight excluding hydrogens is 210 g/mol. The van der Waals surface area contributed by atoms with Gasteiger partial charge in [0.1, 0.15) is 0 Å². The van der Waals surface area contributed by atoms with Crippen LogP contribution in [0.2, 0.25) is 0 Å². The van der Waals surface area contributed by atoms with Gasteiger partial charge in [-0.25, -0.2) is 0 Å². The summed E-state index contributed by atoms with van der Waals surface area (Å²) in [5.74, 6) is 0. The highest BCUT2D eigenvalue weighted by atomic mass is 15.3. The van der Waals surface area contributed by atoms with Crippen molar-refractivity contribution in [2.75, 3.05) is 13.6 Å². The Morgan fingerprint density at radius 2 is 2.12 bits per heavy atom. The van der Waals surface area contributed by atoms with E-state index in [2.05, 4.69) is 53.4 Å². The van der Waals surface area contributed by atoms with Crippen molar-refractivity contribution in [2.24, 2.45) is 0 Å². The van der Waals surface area contributed by atoms with Crippen LogP contribution in [0, 0.1) is 0 Å². The molecule has 0 radical (unpaired) electrons. The van der Waals surface area contributed by atoms with Crippen molar-refractivity contribution in [1.29, 1.82) is 0 Å². The minimum absolute atomic E-state index is 0.553. The van der Waals surface area contributed by atoms with Gasteiger partial charge >= 0.3 is 0 Å². The van der Waals surface area contributed by atoms with Crippen molar-refractivity contribution in [1.82, 2.24) is 15.1 Å². The van der Waals surface area contributed by atoms with Gasteiger partial charge in [0.15, 0.2) is 0 Å². The quantitative estimate of drug-likeness (QED) is 0.554. The molecule has 0 saturated carbocycles. The van der Waals surface area contributed by atoms with E-state index in [0.29, 0.717) is 6.04 Å². The Hall–Kier alpha value is -1.09. The molecule has 0 unspecified atom stereocenters. The van der Waals surface area contributed by atoms with Crippen LogP contribution in [0.15, 0.2) is 24.4 Å². The van der Waals surface area contributed by atoms with Gasteiger partial charge in [0.05, 0.1) is 11.7 Å².